The maximum atomic E-state index is 12.3. The largest absolute Gasteiger partial charge is 0.360 e. The van der Waals surface area contributed by atoms with E-state index in [1.54, 1.807) is 11.1 Å². The van der Waals surface area contributed by atoms with Gasteiger partial charge in [-0.15, -0.1) is 0 Å². The lowest BCUT2D eigenvalue weighted by molar-refractivity contribution is -0.130. The van der Waals surface area contributed by atoms with E-state index in [1.807, 2.05) is 25.1 Å². The van der Waals surface area contributed by atoms with Gasteiger partial charge in [0.2, 0.25) is 5.91 Å². The Labute approximate surface area is 134 Å². The Morgan fingerprint density at radius 3 is 3.09 bits per heavy atom. The van der Waals surface area contributed by atoms with Crippen molar-refractivity contribution in [2.45, 2.75) is 25.8 Å². The van der Waals surface area contributed by atoms with Crippen LogP contribution in [0.25, 0.3) is 10.9 Å². The molecule has 0 bridgehead atoms. The zero-order chi connectivity index (χ0) is 16.4. The zero-order valence-electron chi connectivity index (χ0n) is 12.9. The van der Waals surface area contributed by atoms with E-state index in [9.17, 15) is 9.59 Å². The highest BCUT2D eigenvalue weighted by molar-refractivity contribution is 6.07. The van der Waals surface area contributed by atoms with Gasteiger partial charge < -0.3 is 15.2 Å². The van der Waals surface area contributed by atoms with Crippen molar-refractivity contribution in [2.24, 2.45) is 0 Å². The quantitative estimate of drug-likeness (QED) is 0.904. The smallest absolute Gasteiger partial charge is 0.253 e. The lowest BCUT2D eigenvalue weighted by Gasteiger charge is -2.19. The van der Waals surface area contributed by atoms with E-state index < -0.39 is 0 Å². The fourth-order valence-electron chi connectivity index (χ4n) is 2.97. The number of aromatic amines is 1. The Hall–Kier alpha value is -2.81. The minimum absolute atomic E-state index is 0.0878. The fraction of sp³-hybridized carbons (Fsp3) is 0.353. The molecule has 23 heavy (non-hydrogen) atoms. The Bertz CT molecular complexity index is 803. The topological polar surface area (TPSA) is 89.0 Å². The molecule has 2 N–H and O–H groups in total. The van der Waals surface area contributed by atoms with Gasteiger partial charge in [0.1, 0.15) is 6.04 Å². The molecule has 3 rings (SSSR count). The third-order valence-corrected chi connectivity index (χ3v) is 4.20. The molecule has 0 spiro atoms. The number of fused-ring (bicyclic) bond motifs is 1. The number of hydrogen-bond acceptors (Lipinski definition) is 3. The number of H-pyrrole nitrogens is 1. The van der Waals surface area contributed by atoms with Gasteiger partial charge in [0, 0.05) is 23.6 Å². The van der Waals surface area contributed by atoms with Crippen molar-refractivity contribution in [3.8, 4) is 6.07 Å². The molecule has 1 aromatic heterocycles. The van der Waals surface area contributed by atoms with Crippen LogP contribution in [0.15, 0.2) is 24.4 Å². The molecule has 0 radical (unpaired) electrons. The van der Waals surface area contributed by atoms with Crippen LogP contribution in [-0.4, -0.2) is 40.8 Å². The van der Waals surface area contributed by atoms with E-state index in [1.165, 1.54) is 0 Å². The molecular formula is C17H18N4O2. The molecule has 2 aromatic rings. The fourth-order valence-corrected chi connectivity index (χ4v) is 2.97. The number of likely N-dealkylation sites (tertiary alicyclic amines) is 1. The zero-order valence-corrected chi connectivity index (χ0v) is 12.9. The Kier molecular flexibility index (Phi) is 4.02. The molecular weight excluding hydrogens is 292 g/mol. The van der Waals surface area contributed by atoms with Crippen LogP contribution < -0.4 is 5.32 Å². The van der Waals surface area contributed by atoms with Crippen molar-refractivity contribution in [2.75, 3.05) is 13.1 Å². The molecule has 1 fully saturated rings. The maximum Gasteiger partial charge on any atom is 0.253 e. The molecule has 2 amide bonds. The number of aryl methyl sites for hydroxylation is 1. The molecule has 2 heterocycles. The van der Waals surface area contributed by atoms with Crippen LogP contribution in [0.4, 0.5) is 0 Å². The minimum Gasteiger partial charge on any atom is -0.360 e. The van der Waals surface area contributed by atoms with Crippen LogP contribution in [0.2, 0.25) is 0 Å². The van der Waals surface area contributed by atoms with Gasteiger partial charge >= 0.3 is 0 Å². The van der Waals surface area contributed by atoms with Crippen LogP contribution in [-0.2, 0) is 4.79 Å². The second-order valence-corrected chi connectivity index (χ2v) is 5.81. The van der Waals surface area contributed by atoms with Crippen LogP contribution in [0.1, 0.15) is 28.8 Å². The first-order valence-corrected chi connectivity index (χ1v) is 7.65. The molecule has 6 nitrogen and oxygen atoms in total. The van der Waals surface area contributed by atoms with Gasteiger partial charge in [0.05, 0.1) is 18.2 Å². The normalized spacial score (nSPS) is 17.2. The predicted octanol–water partition coefficient (Wildman–Crippen LogP) is 1.72. The molecule has 1 aromatic carbocycles. The summed E-state index contributed by atoms with van der Waals surface area (Å²) < 4.78 is 0. The number of carbonyl (C=O) groups is 2. The predicted molar refractivity (Wildman–Crippen MR) is 85.7 cm³/mol. The summed E-state index contributed by atoms with van der Waals surface area (Å²) in [5.74, 6) is -0.499. The number of carbonyl (C=O) groups excluding carboxylic acids is 2. The number of nitrogens with one attached hydrogen (secondary N) is 2. The molecule has 0 saturated carbocycles. The monoisotopic (exact) mass is 310 g/mol. The standard InChI is InChI=1S/C17H18N4O2/c1-11-4-5-15-13(7-11)14(9-19-15)17(23)20-10-16(22)21-6-2-3-12(21)8-18/h4-5,7,9,12,19H,2-3,6,10H2,1H3,(H,20,23)/t12-/m0/s1. The highest BCUT2D eigenvalue weighted by atomic mass is 16.2. The molecule has 1 aliphatic heterocycles. The number of benzene rings is 1. The van der Waals surface area contributed by atoms with E-state index in [2.05, 4.69) is 16.4 Å². The van der Waals surface area contributed by atoms with E-state index in [-0.39, 0.29) is 24.4 Å². The number of hydrogen-bond donors (Lipinski definition) is 2. The second kappa shape index (κ2) is 6.13. The van der Waals surface area contributed by atoms with Crippen molar-refractivity contribution < 1.29 is 9.59 Å². The van der Waals surface area contributed by atoms with Gasteiger partial charge in [-0.05, 0) is 31.9 Å². The van der Waals surface area contributed by atoms with Crippen molar-refractivity contribution >= 4 is 22.7 Å². The third kappa shape index (κ3) is 2.90. The van der Waals surface area contributed by atoms with Crippen molar-refractivity contribution in [3.63, 3.8) is 0 Å². The Balaban J connectivity index is 1.68. The summed E-state index contributed by atoms with van der Waals surface area (Å²) in [4.78, 5) is 29.1. The molecule has 1 saturated heterocycles. The summed E-state index contributed by atoms with van der Waals surface area (Å²) in [6.45, 7) is 2.46. The first-order chi connectivity index (χ1) is 11.1. The van der Waals surface area contributed by atoms with Crippen LogP contribution in [0, 0.1) is 18.3 Å². The van der Waals surface area contributed by atoms with E-state index in [0.717, 1.165) is 22.9 Å². The van der Waals surface area contributed by atoms with E-state index in [4.69, 9.17) is 5.26 Å². The number of aromatic nitrogens is 1. The Morgan fingerprint density at radius 1 is 1.48 bits per heavy atom. The van der Waals surface area contributed by atoms with Gasteiger partial charge in [-0.2, -0.15) is 5.26 Å². The first kappa shape index (κ1) is 15.1. The number of nitriles is 1. The second-order valence-electron chi connectivity index (χ2n) is 5.81. The molecule has 0 unspecified atom stereocenters. The lowest BCUT2D eigenvalue weighted by atomic mass is 10.1. The summed E-state index contributed by atoms with van der Waals surface area (Å²) in [7, 11) is 0. The highest BCUT2D eigenvalue weighted by Crippen LogP contribution is 2.20. The van der Waals surface area contributed by atoms with Crippen LogP contribution in [0.5, 0.6) is 0 Å². The van der Waals surface area contributed by atoms with Crippen molar-refractivity contribution in [1.82, 2.24) is 15.2 Å². The summed E-state index contributed by atoms with van der Waals surface area (Å²) in [5, 5.41) is 12.5. The molecule has 1 atom stereocenters. The maximum absolute atomic E-state index is 12.3. The summed E-state index contributed by atoms with van der Waals surface area (Å²) in [6, 6.07) is 7.60. The molecule has 6 heteroatoms. The van der Waals surface area contributed by atoms with Crippen molar-refractivity contribution in [3.05, 3.63) is 35.5 Å². The number of rotatable bonds is 3. The molecule has 1 aliphatic rings. The van der Waals surface area contributed by atoms with Crippen LogP contribution in [0.3, 0.4) is 0 Å². The SMILES string of the molecule is Cc1ccc2[nH]cc(C(=O)NCC(=O)N3CCC[C@H]3C#N)c2c1. The van der Waals surface area contributed by atoms with Gasteiger partial charge in [0.15, 0.2) is 0 Å². The van der Waals surface area contributed by atoms with Crippen molar-refractivity contribution in [1.29, 1.82) is 5.26 Å². The number of nitrogens with zero attached hydrogens (tertiary/aromatic N) is 2. The average Bonchev–Trinajstić information content (AvgIpc) is 3.18. The van der Waals surface area contributed by atoms with Crippen LogP contribution >= 0.6 is 0 Å². The highest BCUT2D eigenvalue weighted by Gasteiger charge is 2.28. The van der Waals surface area contributed by atoms with E-state index in [0.29, 0.717) is 18.5 Å². The van der Waals surface area contributed by atoms with E-state index >= 15 is 0 Å². The van der Waals surface area contributed by atoms with Gasteiger partial charge in [-0.1, -0.05) is 11.6 Å². The number of amides is 2. The summed E-state index contributed by atoms with van der Waals surface area (Å²) >= 11 is 0. The average molecular weight is 310 g/mol. The summed E-state index contributed by atoms with van der Waals surface area (Å²) in [5.41, 5.74) is 2.47. The van der Waals surface area contributed by atoms with Gasteiger partial charge in [-0.3, -0.25) is 9.59 Å². The van der Waals surface area contributed by atoms with Gasteiger partial charge in [-0.25, -0.2) is 0 Å². The lowest BCUT2D eigenvalue weighted by Crippen LogP contribution is -2.42. The third-order valence-electron chi connectivity index (χ3n) is 4.20. The molecule has 0 aliphatic carbocycles. The minimum atomic E-state index is -0.366. The molecule has 118 valence electrons. The first-order valence-electron chi connectivity index (χ1n) is 7.65. The Morgan fingerprint density at radius 2 is 2.30 bits per heavy atom. The van der Waals surface area contributed by atoms with Gasteiger partial charge in [0.25, 0.3) is 5.91 Å². The summed E-state index contributed by atoms with van der Waals surface area (Å²) in [6.07, 6.45) is 3.19.